The number of rotatable bonds is 13. The number of aryl methyl sites for hydroxylation is 2. The van der Waals surface area contributed by atoms with Gasteiger partial charge in [-0.05, 0) is 73.2 Å². The maximum absolute atomic E-state index is 13.5. The fourth-order valence-corrected chi connectivity index (χ4v) is 11.2. The Morgan fingerprint density at radius 1 is 0.541 bits per heavy atom. The van der Waals surface area contributed by atoms with Crippen molar-refractivity contribution in [1.29, 1.82) is 0 Å². The molecule has 23 nitrogen and oxygen atoms in total. The van der Waals surface area contributed by atoms with Gasteiger partial charge < -0.3 is 63.9 Å². The van der Waals surface area contributed by atoms with Crippen LogP contribution >= 0.6 is 23.2 Å². The minimum absolute atomic E-state index is 0.0368. The minimum atomic E-state index is -1.18. The lowest BCUT2D eigenvalue weighted by molar-refractivity contribution is -0.156. The molecule has 3 unspecified atom stereocenters. The molecule has 10 rings (SSSR count). The van der Waals surface area contributed by atoms with E-state index >= 15 is 0 Å². The molecule has 4 aliphatic rings. The van der Waals surface area contributed by atoms with Crippen molar-refractivity contribution in [2.45, 2.75) is 101 Å². The number of amides is 2. The average Bonchev–Trinajstić information content (AvgIpc) is 2.63. The lowest BCUT2D eigenvalue weighted by Gasteiger charge is -2.23. The van der Waals surface area contributed by atoms with Gasteiger partial charge in [0.2, 0.25) is 0 Å². The highest BCUT2D eigenvalue weighted by Gasteiger charge is 2.50. The topological polar surface area (TPSA) is 307 Å². The van der Waals surface area contributed by atoms with Gasteiger partial charge in [0, 0.05) is 52.4 Å². The summed E-state index contributed by atoms with van der Waals surface area (Å²) >= 11 is 12.4. The number of hydrogen-bond acceptors (Lipinski definition) is 16. The van der Waals surface area contributed by atoms with Crippen LogP contribution in [0, 0.1) is 27.7 Å². The third-order valence-electron chi connectivity index (χ3n) is 15.6. The smallest absolute Gasteiger partial charge is 0.330 e. The average molecular weight is 1210 g/mol. The highest BCUT2D eigenvalue weighted by atomic mass is 35.5. The van der Waals surface area contributed by atoms with Crippen LogP contribution in [0.4, 0.5) is 0 Å². The zero-order valence-corrected chi connectivity index (χ0v) is 49.3. The van der Waals surface area contributed by atoms with E-state index in [0.717, 1.165) is 9.13 Å². The number of carbonyl (C=O) groups excluding carboxylic acids is 3. The number of aromatic nitrogens is 4. The third kappa shape index (κ3) is 13.6. The molecular formula is C60H66Cl2N6O17. The lowest BCUT2D eigenvalue weighted by atomic mass is 9.99. The van der Waals surface area contributed by atoms with Crippen LogP contribution in [0.2, 0.25) is 10.0 Å². The Kier molecular flexibility index (Phi) is 20.0. The van der Waals surface area contributed by atoms with E-state index in [-0.39, 0.29) is 72.6 Å². The fourth-order valence-electron chi connectivity index (χ4n) is 10.6. The molecule has 2 aromatic heterocycles. The summed E-state index contributed by atoms with van der Waals surface area (Å²) in [6, 6.07) is 21.6. The minimum Gasteiger partial charge on any atom is -0.480 e. The first kappa shape index (κ1) is 63.4. The number of nitrogens with zero attached hydrogens (tertiary/aromatic N) is 4. The molecule has 2 amide bonds. The summed E-state index contributed by atoms with van der Waals surface area (Å²) in [5, 5.41) is 43.8. The van der Waals surface area contributed by atoms with Crippen LogP contribution in [0.15, 0.2) is 104 Å². The Morgan fingerprint density at radius 3 is 1.31 bits per heavy atom. The van der Waals surface area contributed by atoms with Gasteiger partial charge in [-0.2, -0.15) is 0 Å². The second-order valence-electron chi connectivity index (χ2n) is 21.3. The van der Waals surface area contributed by atoms with E-state index in [1.54, 1.807) is 127 Å². The normalized spacial score (nSPS) is 21.8. The van der Waals surface area contributed by atoms with E-state index in [1.807, 2.05) is 0 Å². The maximum atomic E-state index is 13.5. The standard InChI is InChI=1S/C30H32ClN3O8.C24H24ClN3O5.C6H10O4/c1-15-6-5-7-19(31)23(15)27(36)32-20(29(38)42-22-14-41-25-21(35)13-40-26(22)25)12-17-8-10-18(11-9-17)24-16(2)33(3)30(39)34(4)28(24)37;1-13-6-5-7-17(25)19(13)21(29)26-18(23(31)32)12-15-8-10-16(11-9-15)20-14(2)27(3)24(33)28(4)22(20)30;7-3-1-9-6-4(8)2-10-5(3)6/h5-11,20-22,25-26,35H,12-14H2,1-4H3,(H,32,36);5-11,18H,12H2,1-4H3,(H,26,29)(H,31,32);3-8H,1-2H2/t20?,21-,22?,25+,26+;;3-,4+,5-,6-/m0.1/s1. The number of esters is 1. The van der Waals surface area contributed by atoms with Crippen LogP contribution in [-0.4, -0.2) is 150 Å². The zero-order valence-electron chi connectivity index (χ0n) is 47.7. The first-order chi connectivity index (χ1) is 40.3. The molecule has 4 aliphatic heterocycles. The molecule has 0 saturated carbocycles. The number of aliphatic hydroxyl groups excluding tert-OH is 3. The van der Waals surface area contributed by atoms with Crippen molar-refractivity contribution >= 4 is 47.0 Å². The predicted molar refractivity (Wildman–Crippen MR) is 311 cm³/mol. The Hall–Kier alpha value is -7.58. The van der Waals surface area contributed by atoms with E-state index < -0.39 is 95.0 Å². The Bertz CT molecular complexity index is 3710. The van der Waals surface area contributed by atoms with Gasteiger partial charge >= 0.3 is 23.3 Å². The van der Waals surface area contributed by atoms with Gasteiger partial charge in [0.05, 0.1) is 58.7 Å². The molecule has 6 heterocycles. The van der Waals surface area contributed by atoms with Gasteiger partial charge in [-0.1, -0.05) is 96.0 Å². The number of ether oxygens (including phenoxy) is 5. The molecule has 10 atom stereocenters. The molecule has 85 heavy (non-hydrogen) atoms. The molecule has 452 valence electrons. The number of carboxylic acids is 1. The summed E-state index contributed by atoms with van der Waals surface area (Å²) < 4.78 is 32.0. The number of hydrogen-bond donors (Lipinski definition) is 6. The summed E-state index contributed by atoms with van der Waals surface area (Å²) in [5.74, 6) is -2.97. The Morgan fingerprint density at radius 2 is 0.906 bits per heavy atom. The molecule has 4 saturated heterocycles. The molecule has 0 bridgehead atoms. The van der Waals surface area contributed by atoms with E-state index in [1.165, 1.54) is 23.2 Å². The number of carboxylic acid groups (broad SMARTS) is 1. The van der Waals surface area contributed by atoms with Gasteiger partial charge in [-0.3, -0.25) is 28.3 Å². The van der Waals surface area contributed by atoms with E-state index in [9.17, 15) is 48.6 Å². The van der Waals surface area contributed by atoms with Crippen LogP contribution in [0.1, 0.15) is 54.4 Å². The van der Waals surface area contributed by atoms with Crippen molar-refractivity contribution in [3.63, 3.8) is 0 Å². The first-order valence-corrected chi connectivity index (χ1v) is 27.8. The number of aliphatic hydroxyl groups is 3. The van der Waals surface area contributed by atoms with Crippen molar-refractivity contribution in [1.82, 2.24) is 28.9 Å². The van der Waals surface area contributed by atoms with Gasteiger partial charge in [-0.15, -0.1) is 0 Å². The molecule has 6 N–H and O–H groups in total. The monoisotopic (exact) mass is 1210 g/mol. The zero-order chi connectivity index (χ0) is 61.9. The highest BCUT2D eigenvalue weighted by Crippen LogP contribution is 2.31. The van der Waals surface area contributed by atoms with Crippen LogP contribution in [0.3, 0.4) is 0 Å². The van der Waals surface area contributed by atoms with Crippen molar-refractivity contribution in [2.24, 2.45) is 28.2 Å². The summed E-state index contributed by atoms with van der Waals surface area (Å²) in [4.78, 5) is 101. The number of fused-ring (bicyclic) bond motifs is 2. The van der Waals surface area contributed by atoms with E-state index in [4.69, 9.17) is 57.1 Å². The summed E-state index contributed by atoms with van der Waals surface area (Å²) in [5.41, 5.74) is 4.51. The summed E-state index contributed by atoms with van der Waals surface area (Å²) in [7, 11) is 6.04. The van der Waals surface area contributed by atoms with Crippen LogP contribution in [-0.2, 0) is 74.3 Å². The number of benzene rings is 4. The van der Waals surface area contributed by atoms with Crippen molar-refractivity contribution in [3.05, 3.63) is 181 Å². The van der Waals surface area contributed by atoms with Crippen LogP contribution < -0.4 is 33.1 Å². The van der Waals surface area contributed by atoms with E-state index in [0.29, 0.717) is 55.9 Å². The summed E-state index contributed by atoms with van der Waals surface area (Å²) in [6.07, 6.45) is -4.31. The molecule has 4 fully saturated rings. The van der Waals surface area contributed by atoms with Crippen molar-refractivity contribution in [2.75, 3.05) is 26.4 Å². The SMILES string of the molecule is Cc1cccc(Cl)c1C(=O)NC(Cc1ccc(-c2c(C)n(C)c(=O)n(C)c2=O)cc1)C(=O)O.Cc1cccc(Cl)c1C(=O)NC(Cc1ccc(-c2c(C)n(C)c(=O)n(C)c2=O)cc1)C(=O)OC1CO[C@H]2[C@@H]1OC[C@@H]2O.O[C@@H]1CO[C@H]2[C@@H]1OC[C@@H]2O. The fraction of sp³-hybridized carbons (Fsp3) is 0.400. The van der Waals surface area contributed by atoms with Crippen molar-refractivity contribution < 1.29 is 63.3 Å². The van der Waals surface area contributed by atoms with Crippen molar-refractivity contribution in [3.8, 4) is 22.3 Å². The number of aliphatic carboxylic acids is 1. The Balaban J connectivity index is 0.000000193. The largest absolute Gasteiger partial charge is 0.480 e. The van der Waals surface area contributed by atoms with Crippen LogP contribution in [0.5, 0.6) is 0 Å². The second kappa shape index (κ2) is 26.8. The molecule has 25 heteroatoms. The predicted octanol–water partition coefficient (Wildman–Crippen LogP) is 2.39. The van der Waals surface area contributed by atoms with E-state index in [2.05, 4.69) is 10.6 Å². The number of halogens is 2. The Labute approximate surface area is 496 Å². The lowest BCUT2D eigenvalue weighted by Crippen LogP contribution is -2.46. The van der Waals surface area contributed by atoms with Gasteiger partial charge in [0.25, 0.3) is 22.9 Å². The quantitative estimate of drug-likeness (QED) is 0.0905. The molecule has 0 radical (unpaired) electrons. The second-order valence-corrected chi connectivity index (χ2v) is 22.1. The summed E-state index contributed by atoms with van der Waals surface area (Å²) in [6.45, 7) is 7.58. The maximum Gasteiger partial charge on any atom is 0.330 e. The molecular weight excluding hydrogens is 1150 g/mol. The first-order valence-electron chi connectivity index (χ1n) is 27.1. The molecule has 6 aromatic rings. The molecule has 0 aliphatic carbocycles. The van der Waals surface area contributed by atoms with Gasteiger partial charge in [0.15, 0.2) is 6.10 Å². The number of carbonyl (C=O) groups is 4. The van der Waals surface area contributed by atoms with Crippen LogP contribution in [0.25, 0.3) is 22.3 Å². The number of nitrogens with one attached hydrogen (secondary N) is 2. The molecule has 0 spiro atoms. The van der Waals surface area contributed by atoms with Gasteiger partial charge in [-0.25, -0.2) is 19.2 Å². The van der Waals surface area contributed by atoms with Gasteiger partial charge in [0.1, 0.15) is 54.8 Å². The molecule has 4 aromatic carbocycles. The third-order valence-corrected chi connectivity index (χ3v) is 16.3. The highest BCUT2D eigenvalue weighted by molar-refractivity contribution is 6.34.